The van der Waals surface area contributed by atoms with Gasteiger partial charge in [-0.05, 0) is 24.6 Å². The van der Waals surface area contributed by atoms with Gasteiger partial charge in [0.05, 0.1) is 23.3 Å². The molecule has 3 atom stereocenters. The summed E-state index contributed by atoms with van der Waals surface area (Å²) in [5.74, 6) is 0. The van der Waals surface area contributed by atoms with Crippen molar-refractivity contribution in [1.82, 2.24) is 9.55 Å². The molecule has 1 aromatic carbocycles. The van der Waals surface area contributed by atoms with E-state index in [4.69, 9.17) is 14.5 Å². The molecule has 2 heterocycles. The maximum absolute atomic E-state index is 12.6. The number of hydrogen-bond acceptors (Lipinski definition) is 8. The Balaban J connectivity index is 2.02. The molecule has 30 heavy (non-hydrogen) atoms. The summed E-state index contributed by atoms with van der Waals surface area (Å²) in [6.45, 7) is 0.831. The number of phosphoric ester groups is 1. The lowest BCUT2D eigenvalue weighted by atomic mass is 10.1. The smallest absolute Gasteiger partial charge is 0.390 e. The Hall–Kier alpha value is -2.67. The van der Waals surface area contributed by atoms with Gasteiger partial charge in [0.15, 0.2) is 0 Å². The molecule has 1 unspecified atom stereocenters. The summed E-state index contributed by atoms with van der Waals surface area (Å²) in [5, 5.41) is 21.1. The van der Waals surface area contributed by atoms with E-state index in [1.807, 2.05) is 0 Å². The zero-order valence-electron chi connectivity index (χ0n) is 15.5. The minimum Gasteiger partial charge on any atom is -0.390 e. The number of non-ortho nitro benzene ring substituents is 1. The van der Waals surface area contributed by atoms with Crippen LogP contribution in [0.4, 0.5) is 5.69 Å². The molecule has 0 bridgehead atoms. The monoisotopic (exact) mass is 443 g/mol. The van der Waals surface area contributed by atoms with Crippen LogP contribution < -0.4 is 11.2 Å². The summed E-state index contributed by atoms with van der Waals surface area (Å²) in [4.78, 5) is 54.8. The van der Waals surface area contributed by atoms with Crippen LogP contribution in [0.25, 0.3) is 11.3 Å². The molecule has 2 aromatic rings. The van der Waals surface area contributed by atoms with Crippen LogP contribution in [0.1, 0.15) is 18.2 Å². The second-order valence-electron chi connectivity index (χ2n) is 6.63. The van der Waals surface area contributed by atoms with Gasteiger partial charge in [-0.25, -0.2) is 9.36 Å². The fourth-order valence-corrected chi connectivity index (χ4v) is 3.55. The molecular formula is C16H18N3O10P. The fourth-order valence-electron chi connectivity index (χ4n) is 3.21. The lowest BCUT2D eigenvalue weighted by molar-refractivity contribution is -0.384. The number of rotatable bonds is 6. The maximum Gasteiger partial charge on any atom is 0.469 e. The maximum atomic E-state index is 12.6. The van der Waals surface area contributed by atoms with E-state index in [2.05, 4.69) is 9.51 Å². The van der Waals surface area contributed by atoms with Gasteiger partial charge >= 0.3 is 13.5 Å². The van der Waals surface area contributed by atoms with Gasteiger partial charge in [0.25, 0.3) is 11.2 Å². The molecule has 0 saturated carbocycles. The number of phosphoric acid groups is 1. The van der Waals surface area contributed by atoms with E-state index in [0.717, 1.165) is 4.57 Å². The highest BCUT2D eigenvalue weighted by atomic mass is 31.2. The molecule has 1 aromatic heterocycles. The van der Waals surface area contributed by atoms with Crippen molar-refractivity contribution in [3.8, 4) is 11.3 Å². The van der Waals surface area contributed by atoms with Crippen LogP contribution in [-0.2, 0) is 13.8 Å². The lowest BCUT2D eigenvalue weighted by Gasteiger charge is -2.21. The number of H-pyrrole nitrogens is 1. The van der Waals surface area contributed by atoms with E-state index in [-0.39, 0.29) is 23.4 Å². The molecule has 162 valence electrons. The van der Waals surface area contributed by atoms with Gasteiger partial charge in [-0.1, -0.05) is 0 Å². The molecule has 0 spiro atoms. The zero-order valence-corrected chi connectivity index (χ0v) is 16.4. The minimum atomic E-state index is -4.79. The summed E-state index contributed by atoms with van der Waals surface area (Å²) in [5.41, 5.74) is -1.09. The Bertz CT molecular complexity index is 1120. The Labute approximate surface area is 167 Å². The molecule has 1 aliphatic heterocycles. The molecule has 1 aliphatic rings. The molecule has 0 aliphatic carbocycles. The highest BCUT2D eigenvalue weighted by Crippen LogP contribution is 2.38. The van der Waals surface area contributed by atoms with Gasteiger partial charge in [-0.3, -0.25) is 29.0 Å². The predicted molar refractivity (Wildman–Crippen MR) is 101 cm³/mol. The van der Waals surface area contributed by atoms with Crippen molar-refractivity contribution in [3.63, 3.8) is 0 Å². The van der Waals surface area contributed by atoms with Gasteiger partial charge in [0.2, 0.25) is 0 Å². The molecule has 1 saturated heterocycles. The van der Waals surface area contributed by atoms with Crippen molar-refractivity contribution in [2.45, 2.75) is 31.8 Å². The summed E-state index contributed by atoms with van der Waals surface area (Å²) < 4.78 is 21.9. The molecule has 13 nitrogen and oxygen atoms in total. The number of ether oxygens (including phenoxy) is 1. The molecule has 14 heteroatoms. The third-order valence-electron chi connectivity index (χ3n) is 4.63. The number of aliphatic hydroxyl groups excluding tert-OH is 1. The van der Waals surface area contributed by atoms with Crippen molar-refractivity contribution in [2.24, 2.45) is 0 Å². The van der Waals surface area contributed by atoms with Crippen LogP contribution in [0.3, 0.4) is 0 Å². The number of aromatic amines is 1. The van der Waals surface area contributed by atoms with Crippen molar-refractivity contribution in [1.29, 1.82) is 0 Å². The minimum absolute atomic E-state index is 0.124. The van der Waals surface area contributed by atoms with Gasteiger partial charge in [0, 0.05) is 24.1 Å². The third kappa shape index (κ3) is 4.56. The van der Waals surface area contributed by atoms with E-state index in [1.54, 1.807) is 0 Å². The topological polar surface area (TPSA) is 194 Å². The van der Waals surface area contributed by atoms with E-state index in [0.29, 0.717) is 5.56 Å². The van der Waals surface area contributed by atoms with Gasteiger partial charge < -0.3 is 19.6 Å². The average Bonchev–Trinajstić information content (AvgIpc) is 3.02. The average molecular weight is 443 g/mol. The summed E-state index contributed by atoms with van der Waals surface area (Å²) in [7, 11) is -4.79. The highest BCUT2D eigenvalue weighted by Gasteiger charge is 2.38. The van der Waals surface area contributed by atoms with Crippen LogP contribution in [0, 0.1) is 17.0 Å². The van der Waals surface area contributed by atoms with Crippen molar-refractivity contribution in [2.75, 3.05) is 6.61 Å². The molecule has 1 fully saturated rings. The summed E-state index contributed by atoms with van der Waals surface area (Å²) in [6.07, 6.45) is -3.55. The van der Waals surface area contributed by atoms with Crippen molar-refractivity contribution < 1.29 is 33.6 Å². The number of benzene rings is 1. The summed E-state index contributed by atoms with van der Waals surface area (Å²) >= 11 is 0. The van der Waals surface area contributed by atoms with Crippen LogP contribution >= 0.6 is 7.82 Å². The normalized spacial score (nSPS) is 21.7. The fraction of sp³-hybridized carbons (Fsp3) is 0.375. The Morgan fingerprint density at radius 3 is 2.53 bits per heavy atom. The first-order valence-electron chi connectivity index (χ1n) is 8.62. The highest BCUT2D eigenvalue weighted by molar-refractivity contribution is 7.46. The first kappa shape index (κ1) is 22.0. The number of aromatic nitrogens is 2. The van der Waals surface area contributed by atoms with Crippen LogP contribution in [0.2, 0.25) is 0 Å². The van der Waals surface area contributed by atoms with Gasteiger partial charge in [-0.2, -0.15) is 0 Å². The Kier molecular flexibility index (Phi) is 6.04. The van der Waals surface area contributed by atoms with Gasteiger partial charge in [0.1, 0.15) is 12.3 Å². The zero-order chi connectivity index (χ0) is 22.2. The van der Waals surface area contributed by atoms with Crippen LogP contribution in [-0.4, -0.2) is 48.2 Å². The second kappa shape index (κ2) is 8.22. The van der Waals surface area contributed by atoms with E-state index in [9.17, 15) is 29.4 Å². The lowest BCUT2D eigenvalue weighted by Crippen LogP contribution is -2.35. The largest absolute Gasteiger partial charge is 0.469 e. The first-order valence-corrected chi connectivity index (χ1v) is 10.1. The SMILES string of the molecule is Cc1c(-c2ccc([N+](=O)[O-])cc2)n([C@@H]2CC(O)[C@H](COP(=O)(O)O)O2)c(=O)[nH]c1=O. The van der Waals surface area contributed by atoms with Crippen molar-refractivity contribution >= 4 is 13.5 Å². The Morgan fingerprint density at radius 1 is 1.33 bits per heavy atom. The van der Waals surface area contributed by atoms with Crippen LogP contribution in [0.15, 0.2) is 33.9 Å². The van der Waals surface area contributed by atoms with E-state index < -0.39 is 49.0 Å². The molecule has 4 N–H and O–H groups in total. The molecule has 3 rings (SSSR count). The Morgan fingerprint density at radius 2 is 1.97 bits per heavy atom. The van der Waals surface area contributed by atoms with E-state index >= 15 is 0 Å². The standard InChI is InChI=1S/C16H18N3O10P/c1-8-14(9-2-4-10(5-3-9)19(23)24)18(16(22)17-15(8)21)13-6-11(20)12(29-13)7-28-30(25,26)27/h2-5,11-13,20H,6-7H2,1H3,(H,17,21,22)(H2,25,26,27)/t11?,12-,13-/m0/s1. The first-order chi connectivity index (χ1) is 14.0. The number of hydrogen-bond donors (Lipinski definition) is 4. The van der Waals surface area contributed by atoms with E-state index in [1.165, 1.54) is 31.2 Å². The number of nitro benzene ring substituents is 1. The molecule has 0 amide bonds. The molecule has 0 radical (unpaired) electrons. The molecular weight excluding hydrogens is 425 g/mol. The predicted octanol–water partition coefficient (Wildman–Crippen LogP) is 0.178. The van der Waals surface area contributed by atoms with Crippen LogP contribution in [0.5, 0.6) is 0 Å². The number of nitrogens with one attached hydrogen (secondary N) is 1. The quantitative estimate of drug-likeness (QED) is 0.272. The summed E-state index contributed by atoms with van der Waals surface area (Å²) in [6, 6.07) is 5.17. The number of nitrogens with zero attached hydrogens (tertiary/aromatic N) is 2. The number of nitro groups is 1. The van der Waals surface area contributed by atoms with Gasteiger partial charge in [-0.15, -0.1) is 0 Å². The number of aliphatic hydroxyl groups is 1. The third-order valence-corrected chi connectivity index (χ3v) is 5.11. The second-order valence-corrected chi connectivity index (χ2v) is 7.86. The van der Waals surface area contributed by atoms with Crippen molar-refractivity contribution in [3.05, 3.63) is 60.8 Å².